The number of nitrogens with zero attached hydrogens (tertiary/aromatic N) is 3. The molecule has 0 amide bonds. The maximum absolute atomic E-state index is 6.14. The van der Waals surface area contributed by atoms with Gasteiger partial charge in [-0.15, -0.1) is 11.3 Å². The molecule has 0 saturated carbocycles. The highest BCUT2D eigenvalue weighted by atomic mass is 32.2. The van der Waals surface area contributed by atoms with E-state index in [9.17, 15) is 0 Å². The Kier molecular flexibility index (Phi) is 4.02. The summed E-state index contributed by atoms with van der Waals surface area (Å²) in [4.78, 5) is 14.6. The topological polar surface area (TPSA) is 38.2 Å². The second kappa shape index (κ2) is 5.90. The number of rotatable bonds is 3. The van der Waals surface area contributed by atoms with Gasteiger partial charge in [-0.2, -0.15) is 0 Å². The zero-order valence-corrected chi connectivity index (χ0v) is 15.6. The number of anilines is 1. The van der Waals surface area contributed by atoms with Crippen LogP contribution in [-0.2, 0) is 17.8 Å². The molecule has 0 aromatic carbocycles. The fourth-order valence-corrected chi connectivity index (χ4v) is 5.03. The number of thioether (sulfide) groups is 1. The lowest BCUT2D eigenvalue weighted by Crippen LogP contribution is -2.34. The van der Waals surface area contributed by atoms with E-state index in [1.165, 1.54) is 28.7 Å². The van der Waals surface area contributed by atoms with Crippen LogP contribution in [-0.4, -0.2) is 34.9 Å². The van der Waals surface area contributed by atoms with E-state index < -0.39 is 0 Å². The summed E-state index contributed by atoms with van der Waals surface area (Å²) in [5, 5.41) is 2.19. The van der Waals surface area contributed by atoms with Crippen molar-refractivity contribution in [2.45, 2.75) is 56.9 Å². The molecule has 1 saturated heterocycles. The van der Waals surface area contributed by atoms with Crippen molar-refractivity contribution in [1.82, 2.24) is 9.97 Å². The first kappa shape index (κ1) is 15.7. The first-order valence-electron chi connectivity index (χ1n) is 8.39. The maximum Gasteiger partial charge on any atom is 0.190 e. The minimum atomic E-state index is -0.0541. The van der Waals surface area contributed by atoms with Crippen molar-refractivity contribution < 1.29 is 4.74 Å². The summed E-state index contributed by atoms with van der Waals surface area (Å²) in [6.45, 7) is 7.39. The van der Waals surface area contributed by atoms with Gasteiger partial charge in [-0.25, -0.2) is 9.97 Å². The molecule has 23 heavy (non-hydrogen) atoms. The molecule has 124 valence electrons. The molecule has 2 aromatic rings. The van der Waals surface area contributed by atoms with E-state index in [0.717, 1.165) is 48.3 Å². The SMILES string of the molecule is CC[C@]1(C)Cc2c(sc3nc(SC)nc(N4CCCC4)c23)CO1. The van der Waals surface area contributed by atoms with Gasteiger partial charge in [-0.1, -0.05) is 18.7 Å². The Morgan fingerprint density at radius 1 is 1.30 bits per heavy atom. The molecule has 0 radical (unpaired) electrons. The Morgan fingerprint density at radius 2 is 2.09 bits per heavy atom. The average Bonchev–Trinajstić information content (AvgIpc) is 3.21. The highest BCUT2D eigenvalue weighted by Gasteiger charge is 2.34. The van der Waals surface area contributed by atoms with Crippen molar-refractivity contribution in [3.63, 3.8) is 0 Å². The Morgan fingerprint density at radius 3 is 2.78 bits per heavy atom. The van der Waals surface area contributed by atoms with Crippen LogP contribution in [0.1, 0.15) is 43.6 Å². The Bertz CT molecular complexity index is 739. The second-order valence-corrected chi connectivity index (χ2v) is 8.54. The van der Waals surface area contributed by atoms with Crippen molar-refractivity contribution in [2.24, 2.45) is 0 Å². The van der Waals surface area contributed by atoms with Crippen molar-refractivity contribution >= 4 is 39.1 Å². The fraction of sp³-hybridized carbons (Fsp3) is 0.647. The molecule has 1 fully saturated rings. The van der Waals surface area contributed by atoms with Gasteiger partial charge in [0.1, 0.15) is 10.6 Å². The van der Waals surface area contributed by atoms with Gasteiger partial charge in [-0.05, 0) is 38.0 Å². The molecular formula is C17H23N3OS2. The van der Waals surface area contributed by atoms with Gasteiger partial charge < -0.3 is 9.64 Å². The van der Waals surface area contributed by atoms with E-state index >= 15 is 0 Å². The summed E-state index contributed by atoms with van der Waals surface area (Å²) < 4.78 is 6.14. The Hall–Kier alpha value is -0.850. The van der Waals surface area contributed by atoms with Crippen molar-refractivity contribution in [1.29, 1.82) is 0 Å². The Balaban J connectivity index is 1.91. The smallest absolute Gasteiger partial charge is 0.190 e. The third-order valence-electron chi connectivity index (χ3n) is 5.13. The molecule has 4 heterocycles. The van der Waals surface area contributed by atoms with Gasteiger partial charge >= 0.3 is 0 Å². The van der Waals surface area contributed by atoms with E-state index in [4.69, 9.17) is 14.7 Å². The fourth-order valence-electron chi connectivity index (χ4n) is 3.51. The molecule has 1 atom stereocenters. The van der Waals surface area contributed by atoms with E-state index in [-0.39, 0.29) is 5.60 Å². The quantitative estimate of drug-likeness (QED) is 0.612. The number of ether oxygens (including phenoxy) is 1. The van der Waals surface area contributed by atoms with E-state index in [1.807, 2.05) is 0 Å². The van der Waals surface area contributed by atoms with Crippen LogP contribution < -0.4 is 4.90 Å². The normalized spacial score (nSPS) is 24.4. The first-order chi connectivity index (χ1) is 11.1. The van der Waals surface area contributed by atoms with Crippen LogP contribution in [0.3, 0.4) is 0 Å². The molecular weight excluding hydrogens is 326 g/mol. The molecule has 2 aliphatic rings. The van der Waals surface area contributed by atoms with Crippen LogP contribution in [0.15, 0.2) is 5.16 Å². The van der Waals surface area contributed by atoms with Gasteiger partial charge in [0.2, 0.25) is 0 Å². The van der Waals surface area contributed by atoms with E-state index in [1.54, 1.807) is 23.1 Å². The number of hydrogen-bond acceptors (Lipinski definition) is 6. The zero-order chi connectivity index (χ0) is 16.0. The Labute approximate surface area is 145 Å². The van der Waals surface area contributed by atoms with Crippen LogP contribution in [0.5, 0.6) is 0 Å². The monoisotopic (exact) mass is 349 g/mol. The molecule has 0 unspecified atom stereocenters. The molecule has 4 rings (SSSR count). The van der Waals surface area contributed by atoms with Crippen LogP contribution in [0.25, 0.3) is 10.2 Å². The summed E-state index contributed by atoms with van der Waals surface area (Å²) in [5.41, 5.74) is 1.39. The molecule has 6 heteroatoms. The molecule has 2 aliphatic heterocycles. The molecule has 0 bridgehead atoms. The molecule has 4 nitrogen and oxygen atoms in total. The summed E-state index contributed by atoms with van der Waals surface area (Å²) in [6.07, 6.45) is 6.60. The highest BCUT2D eigenvalue weighted by Crippen LogP contribution is 2.43. The molecule has 0 spiro atoms. The maximum atomic E-state index is 6.14. The van der Waals surface area contributed by atoms with Gasteiger partial charge in [0.15, 0.2) is 5.16 Å². The third kappa shape index (κ3) is 2.65. The zero-order valence-electron chi connectivity index (χ0n) is 14.0. The second-order valence-electron chi connectivity index (χ2n) is 6.68. The number of hydrogen-bond donors (Lipinski definition) is 0. The van der Waals surface area contributed by atoms with Crippen LogP contribution in [0, 0.1) is 0 Å². The number of fused-ring (bicyclic) bond motifs is 3. The largest absolute Gasteiger partial charge is 0.369 e. The van der Waals surface area contributed by atoms with Gasteiger partial charge in [0.05, 0.1) is 17.6 Å². The van der Waals surface area contributed by atoms with Crippen molar-refractivity contribution in [3.8, 4) is 0 Å². The van der Waals surface area contributed by atoms with Crippen molar-refractivity contribution in [2.75, 3.05) is 24.2 Å². The minimum Gasteiger partial charge on any atom is -0.369 e. The summed E-state index contributed by atoms with van der Waals surface area (Å²) >= 11 is 3.43. The first-order valence-corrected chi connectivity index (χ1v) is 10.4. The van der Waals surface area contributed by atoms with E-state index in [2.05, 4.69) is 25.0 Å². The van der Waals surface area contributed by atoms with Gasteiger partial charge in [0.25, 0.3) is 0 Å². The van der Waals surface area contributed by atoms with Crippen molar-refractivity contribution in [3.05, 3.63) is 10.4 Å². The predicted molar refractivity (Wildman–Crippen MR) is 97.8 cm³/mol. The third-order valence-corrected chi connectivity index (χ3v) is 6.78. The summed E-state index contributed by atoms with van der Waals surface area (Å²) in [5.74, 6) is 1.16. The van der Waals surface area contributed by atoms with Gasteiger partial charge in [-0.3, -0.25) is 0 Å². The molecule has 2 aromatic heterocycles. The average molecular weight is 350 g/mol. The molecule has 0 N–H and O–H groups in total. The van der Waals surface area contributed by atoms with Crippen LogP contribution >= 0.6 is 23.1 Å². The lowest BCUT2D eigenvalue weighted by Gasteiger charge is -2.33. The standard InChI is InChI=1S/C17H23N3OS2/c1-4-17(2)9-11-12(10-21-17)23-15-13(11)14(18-16(19-15)22-3)20-7-5-6-8-20/h4-10H2,1-3H3/t17-/m1/s1. The lowest BCUT2D eigenvalue weighted by atomic mass is 9.90. The number of aromatic nitrogens is 2. The van der Waals surface area contributed by atoms with E-state index in [0.29, 0.717) is 0 Å². The van der Waals surface area contributed by atoms with Gasteiger partial charge in [0, 0.05) is 24.4 Å². The lowest BCUT2D eigenvalue weighted by molar-refractivity contribution is -0.0542. The predicted octanol–water partition coefficient (Wildman–Crippen LogP) is 4.25. The number of thiophene rings is 1. The van der Waals surface area contributed by atoms with Crippen LogP contribution in [0.2, 0.25) is 0 Å². The summed E-state index contributed by atoms with van der Waals surface area (Å²) in [7, 11) is 0. The highest BCUT2D eigenvalue weighted by molar-refractivity contribution is 7.98. The minimum absolute atomic E-state index is 0.0541. The summed E-state index contributed by atoms with van der Waals surface area (Å²) in [6, 6.07) is 0. The van der Waals surface area contributed by atoms with Crippen LogP contribution in [0.4, 0.5) is 5.82 Å². The molecule has 0 aliphatic carbocycles.